The van der Waals surface area contributed by atoms with Crippen LogP contribution in [0.4, 0.5) is 11.4 Å². The molecule has 6 aromatic carbocycles. The van der Waals surface area contributed by atoms with Crippen LogP contribution in [0, 0.1) is 20.8 Å². The van der Waals surface area contributed by atoms with Gasteiger partial charge in [-0.1, -0.05) is 70.7 Å². The van der Waals surface area contributed by atoms with Crippen molar-refractivity contribution in [3.8, 4) is 23.0 Å². The zero-order valence-corrected chi connectivity index (χ0v) is 41.6. The van der Waals surface area contributed by atoms with E-state index in [1.165, 1.54) is 7.11 Å². The molecule has 0 bridgehead atoms. The summed E-state index contributed by atoms with van der Waals surface area (Å²) in [6.45, 7) is 6.26. The Hall–Kier alpha value is -6.96. The van der Waals surface area contributed by atoms with Gasteiger partial charge in [0.25, 0.3) is 23.4 Å². The molecule has 12 nitrogen and oxygen atoms in total. The first-order chi connectivity index (χ1) is 33.0. The van der Waals surface area contributed by atoms with Gasteiger partial charge in [0.05, 0.1) is 39.6 Å². The van der Waals surface area contributed by atoms with E-state index < -0.39 is 23.4 Å². The normalized spacial score (nSPS) is 10.9. The van der Waals surface area contributed by atoms with Crippen LogP contribution in [0.25, 0.3) is 21.8 Å². The number of hydrogen-bond donors (Lipinski definition) is 2. The van der Waals surface area contributed by atoms with Crippen molar-refractivity contribution in [3.63, 3.8) is 0 Å². The minimum atomic E-state index is -0.747. The maximum atomic E-state index is 13.5. The molecule has 0 fully saturated rings. The van der Waals surface area contributed by atoms with Gasteiger partial charge in [-0.15, -0.1) is 0 Å². The molecule has 2 N–H and O–H groups in total. The molecule has 0 radical (unpaired) electrons. The van der Waals surface area contributed by atoms with Crippen LogP contribution in [0.1, 0.15) is 48.8 Å². The van der Waals surface area contributed by atoms with Gasteiger partial charge in [0.15, 0.2) is 0 Å². The Morgan fingerprint density at radius 3 is 1.39 bits per heavy atom. The van der Waals surface area contributed by atoms with Crippen molar-refractivity contribution < 1.29 is 38.1 Å². The molecule has 0 saturated heterocycles. The fourth-order valence-electron chi connectivity index (χ4n) is 7.96. The van der Waals surface area contributed by atoms with Crippen LogP contribution in [0.5, 0.6) is 23.0 Å². The monoisotopic (exact) mass is 1010 g/mol. The van der Waals surface area contributed by atoms with Crippen LogP contribution < -0.4 is 29.6 Å². The first kappa shape index (κ1) is 49.9. The molecule has 0 unspecified atom stereocenters. The number of aromatic nitrogens is 2. The average Bonchev–Trinajstić information content (AvgIpc) is 3.77. The molecular formula is C53H46Cl4N4O8. The summed E-state index contributed by atoms with van der Waals surface area (Å²) in [7, 11) is 6.18. The lowest BCUT2D eigenvalue weighted by molar-refractivity contribution is -0.113. The smallest absolute Gasteiger partial charge is 0.296 e. The van der Waals surface area contributed by atoms with E-state index in [2.05, 4.69) is 10.6 Å². The Morgan fingerprint density at radius 2 is 0.928 bits per heavy atom. The number of carbonyl (C=O) groups excluding carboxylic acids is 4. The number of Topliss-reactive ketones (excluding diaryl/α,β-unsaturated/α-hetero) is 2. The van der Waals surface area contributed by atoms with E-state index in [-0.39, 0.29) is 0 Å². The third kappa shape index (κ3) is 10.8. The topological polar surface area (TPSA) is 139 Å². The quantitative estimate of drug-likeness (QED) is 0.0811. The second kappa shape index (κ2) is 21.6. The molecule has 0 aliphatic carbocycles. The van der Waals surface area contributed by atoms with Crippen LogP contribution in [0.2, 0.25) is 20.1 Å². The number of fused-ring (bicyclic) bond motifs is 2. The number of ether oxygens (including phenoxy) is 4. The number of aryl methyl sites for hydroxylation is 1. The van der Waals surface area contributed by atoms with Gasteiger partial charge >= 0.3 is 0 Å². The van der Waals surface area contributed by atoms with Crippen molar-refractivity contribution in [3.05, 3.63) is 175 Å². The zero-order chi connectivity index (χ0) is 49.7. The van der Waals surface area contributed by atoms with Gasteiger partial charge < -0.3 is 38.7 Å². The average molecular weight is 1010 g/mol. The number of anilines is 2. The predicted molar refractivity (Wildman–Crippen MR) is 274 cm³/mol. The van der Waals surface area contributed by atoms with Gasteiger partial charge in [0, 0.05) is 89.9 Å². The van der Waals surface area contributed by atoms with Crippen molar-refractivity contribution in [2.75, 3.05) is 39.1 Å². The highest BCUT2D eigenvalue weighted by atomic mass is 35.5. The van der Waals surface area contributed by atoms with Gasteiger partial charge in [-0.3, -0.25) is 19.2 Å². The Kier molecular flexibility index (Phi) is 15.6. The molecular weight excluding hydrogens is 962 g/mol. The van der Waals surface area contributed by atoms with E-state index in [4.69, 9.17) is 65.4 Å². The summed E-state index contributed by atoms with van der Waals surface area (Å²) in [6.07, 6.45) is 0. The summed E-state index contributed by atoms with van der Waals surface area (Å²) in [5.74, 6) is -0.478. The SMILES string of the molecule is COc1ccc(C)c(NC(=O)C(=O)c2c(C)n(Cc3ccc(Cl)cc3Cl)c3ccc(OC)cc23)c1.COc1cccc(NC(=O)C(=O)c2c(C)n(Cc3ccc(Cl)cc3Cl)c3ccc(OC)cc23)c1. The lowest BCUT2D eigenvalue weighted by atomic mass is 10.1. The molecule has 2 aromatic heterocycles. The van der Waals surface area contributed by atoms with Gasteiger partial charge in [0.1, 0.15) is 23.0 Å². The summed E-state index contributed by atoms with van der Waals surface area (Å²) in [5.41, 5.74) is 6.90. The fourth-order valence-corrected chi connectivity index (χ4v) is 8.89. The van der Waals surface area contributed by atoms with Crippen LogP contribution in [-0.4, -0.2) is 61.0 Å². The number of hydrogen-bond acceptors (Lipinski definition) is 8. The molecule has 69 heavy (non-hydrogen) atoms. The Bertz CT molecular complexity index is 3310. The summed E-state index contributed by atoms with van der Waals surface area (Å²) in [5, 5.41) is 8.75. The number of amides is 2. The van der Waals surface area contributed by atoms with Crippen LogP contribution in [-0.2, 0) is 22.7 Å². The van der Waals surface area contributed by atoms with Crippen molar-refractivity contribution in [2.24, 2.45) is 0 Å². The largest absolute Gasteiger partial charge is 0.497 e. The lowest BCUT2D eigenvalue weighted by Gasteiger charge is -2.11. The minimum Gasteiger partial charge on any atom is -0.497 e. The maximum absolute atomic E-state index is 13.5. The highest BCUT2D eigenvalue weighted by molar-refractivity contribution is 6.49. The summed E-state index contributed by atoms with van der Waals surface area (Å²) >= 11 is 24.9. The number of nitrogens with one attached hydrogen (secondary N) is 2. The van der Waals surface area contributed by atoms with Gasteiger partial charge in [-0.25, -0.2) is 0 Å². The molecule has 8 rings (SSSR count). The van der Waals surface area contributed by atoms with E-state index in [0.29, 0.717) is 101 Å². The summed E-state index contributed by atoms with van der Waals surface area (Å²) < 4.78 is 25.1. The number of ketones is 2. The molecule has 0 aliphatic rings. The van der Waals surface area contributed by atoms with Gasteiger partial charge in [0.2, 0.25) is 0 Å². The Morgan fingerprint density at radius 1 is 0.493 bits per heavy atom. The van der Waals surface area contributed by atoms with E-state index in [9.17, 15) is 19.2 Å². The third-order valence-electron chi connectivity index (χ3n) is 11.6. The summed E-state index contributed by atoms with van der Waals surface area (Å²) in [6, 6.07) is 33.6. The minimum absolute atomic E-state index is 0.305. The van der Waals surface area contributed by atoms with E-state index in [1.807, 2.05) is 72.4 Å². The highest BCUT2D eigenvalue weighted by Crippen LogP contribution is 2.35. The van der Waals surface area contributed by atoms with Crippen LogP contribution in [0.3, 0.4) is 0 Å². The first-order valence-corrected chi connectivity index (χ1v) is 22.8. The summed E-state index contributed by atoms with van der Waals surface area (Å²) in [4.78, 5) is 52.9. The van der Waals surface area contributed by atoms with E-state index in [0.717, 1.165) is 27.7 Å². The van der Waals surface area contributed by atoms with Crippen LogP contribution >= 0.6 is 46.4 Å². The molecule has 354 valence electrons. The highest BCUT2D eigenvalue weighted by Gasteiger charge is 2.28. The third-order valence-corrected chi connectivity index (χ3v) is 12.8. The molecule has 0 atom stereocenters. The van der Waals surface area contributed by atoms with Crippen molar-refractivity contribution in [1.29, 1.82) is 0 Å². The molecule has 2 heterocycles. The number of benzene rings is 6. The zero-order valence-electron chi connectivity index (χ0n) is 38.6. The van der Waals surface area contributed by atoms with Crippen molar-refractivity contribution in [1.82, 2.24) is 9.13 Å². The van der Waals surface area contributed by atoms with Gasteiger partial charge in [-0.05, 0) is 116 Å². The molecule has 0 spiro atoms. The lowest BCUT2D eigenvalue weighted by Crippen LogP contribution is -2.24. The number of rotatable bonds is 14. The number of nitrogens with zero attached hydrogens (tertiary/aromatic N) is 2. The Balaban J connectivity index is 0.000000204. The number of methoxy groups -OCH3 is 4. The van der Waals surface area contributed by atoms with Crippen LogP contribution in [0.15, 0.2) is 115 Å². The molecule has 16 heteroatoms. The molecule has 0 saturated carbocycles. The second-order valence-electron chi connectivity index (χ2n) is 15.8. The molecule has 8 aromatic rings. The van der Waals surface area contributed by atoms with E-state index in [1.54, 1.807) is 94.1 Å². The van der Waals surface area contributed by atoms with E-state index >= 15 is 0 Å². The molecule has 2 amide bonds. The standard InChI is InChI=1S/C27H24Cl2N2O4.C26H22Cl2N2O4/c1-15-5-8-20(35-4)13-23(15)30-27(33)26(32)25-16(2)31(14-17-6-7-18(28)11-22(17)29)24-10-9-19(34-3)12-21(24)25;1-15-24(25(31)26(32)29-18-5-4-6-19(12-18)33-2)21-13-20(34-3)9-10-23(21)30(15)14-16-7-8-17(27)11-22(16)28/h5-13H,14H2,1-4H3,(H,30,33);4-13H,14H2,1-3H3,(H,29,32). The van der Waals surface area contributed by atoms with Crippen molar-refractivity contribution >= 4 is 103 Å². The predicted octanol–water partition coefficient (Wildman–Crippen LogP) is 12.6. The fraction of sp³-hybridized carbons (Fsp3) is 0.170. The Labute approximate surface area is 418 Å². The molecule has 0 aliphatic heterocycles. The second-order valence-corrected chi connectivity index (χ2v) is 17.5. The maximum Gasteiger partial charge on any atom is 0.296 e. The number of halogens is 4. The number of carbonyl (C=O) groups is 4. The van der Waals surface area contributed by atoms with Crippen molar-refractivity contribution in [2.45, 2.75) is 33.9 Å². The van der Waals surface area contributed by atoms with Gasteiger partial charge in [-0.2, -0.15) is 0 Å². The first-order valence-electron chi connectivity index (χ1n) is 21.3.